The van der Waals surface area contributed by atoms with Crippen LogP contribution in [0.4, 0.5) is 0 Å². The van der Waals surface area contributed by atoms with Crippen LogP contribution < -0.4 is 0 Å². The maximum atomic E-state index is 12.6. The fourth-order valence-corrected chi connectivity index (χ4v) is 3.68. The summed E-state index contributed by atoms with van der Waals surface area (Å²) in [5.74, 6) is 3.82. The van der Waals surface area contributed by atoms with E-state index >= 15 is 0 Å². The van der Waals surface area contributed by atoms with Gasteiger partial charge in [-0.25, -0.2) is 0 Å². The highest BCUT2D eigenvalue weighted by molar-refractivity contribution is 5.78. The molecule has 5 heteroatoms. The lowest BCUT2D eigenvalue weighted by atomic mass is 10.3. The zero-order chi connectivity index (χ0) is 16.7. The van der Waals surface area contributed by atoms with Crippen molar-refractivity contribution < 1.29 is 9.21 Å². The maximum Gasteiger partial charge on any atom is 0.236 e. The van der Waals surface area contributed by atoms with Gasteiger partial charge in [-0.1, -0.05) is 6.92 Å². The Labute approximate surface area is 144 Å². The van der Waals surface area contributed by atoms with Gasteiger partial charge in [0.25, 0.3) is 0 Å². The van der Waals surface area contributed by atoms with Crippen molar-refractivity contribution in [2.75, 3.05) is 39.8 Å². The predicted molar refractivity (Wildman–Crippen MR) is 92.7 cm³/mol. The Hall–Kier alpha value is -1.33. The second-order valence-electron chi connectivity index (χ2n) is 7.94. The smallest absolute Gasteiger partial charge is 0.236 e. The van der Waals surface area contributed by atoms with Crippen LogP contribution in [0.1, 0.15) is 43.6 Å². The molecule has 132 valence electrons. The van der Waals surface area contributed by atoms with Gasteiger partial charge in [0, 0.05) is 38.1 Å². The van der Waals surface area contributed by atoms with Crippen molar-refractivity contribution in [3.63, 3.8) is 0 Å². The van der Waals surface area contributed by atoms with Gasteiger partial charge in [-0.3, -0.25) is 9.69 Å². The van der Waals surface area contributed by atoms with Crippen LogP contribution in [0.15, 0.2) is 16.5 Å². The molecule has 2 heterocycles. The summed E-state index contributed by atoms with van der Waals surface area (Å²) in [7, 11) is 2.12. The lowest BCUT2D eigenvalue weighted by Gasteiger charge is -2.34. The summed E-state index contributed by atoms with van der Waals surface area (Å²) < 4.78 is 6.05. The Morgan fingerprint density at radius 3 is 2.58 bits per heavy atom. The minimum Gasteiger partial charge on any atom is -0.464 e. The van der Waals surface area contributed by atoms with Gasteiger partial charge in [-0.2, -0.15) is 0 Å². The number of carbonyl (C=O) groups is 1. The number of hydrogen-bond donors (Lipinski definition) is 0. The minimum atomic E-state index is 0.276. The Morgan fingerprint density at radius 1 is 1.25 bits per heavy atom. The van der Waals surface area contributed by atoms with Crippen LogP contribution in [0.5, 0.6) is 0 Å². The first-order valence-corrected chi connectivity index (χ1v) is 9.39. The van der Waals surface area contributed by atoms with Gasteiger partial charge in [-0.15, -0.1) is 0 Å². The molecule has 5 nitrogen and oxygen atoms in total. The summed E-state index contributed by atoms with van der Waals surface area (Å²) in [6.45, 7) is 7.26. The topological polar surface area (TPSA) is 39.9 Å². The van der Waals surface area contributed by atoms with Crippen molar-refractivity contribution in [1.82, 2.24) is 14.7 Å². The van der Waals surface area contributed by atoms with Gasteiger partial charge < -0.3 is 14.2 Å². The number of piperazine rings is 1. The number of furan rings is 1. The molecule has 0 N–H and O–H groups in total. The lowest BCUT2D eigenvalue weighted by molar-refractivity contribution is -0.134. The highest BCUT2D eigenvalue weighted by Gasteiger charge is 2.37. The molecule has 1 aromatic heterocycles. The first-order valence-electron chi connectivity index (χ1n) is 9.39. The van der Waals surface area contributed by atoms with Crippen LogP contribution in [0.25, 0.3) is 0 Å². The highest BCUT2D eigenvalue weighted by atomic mass is 16.3. The van der Waals surface area contributed by atoms with Gasteiger partial charge in [0.1, 0.15) is 11.5 Å². The number of nitrogens with zero attached hydrogens (tertiary/aromatic N) is 3. The number of hydrogen-bond acceptors (Lipinski definition) is 4. The Kier molecular flexibility index (Phi) is 4.39. The van der Waals surface area contributed by atoms with Crippen LogP contribution in [-0.2, 0) is 11.3 Å². The third kappa shape index (κ3) is 3.67. The van der Waals surface area contributed by atoms with E-state index in [-0.39, 0.29) is 5.91 Å². The lowest BCUT2D eigenvalue weighted by Crippen LogP contribution is -2.50. The van der Waals surface area contributed by atoms with Crippen molar-refractivity contribution in [2.24, 2.45) is 5.92 Å². The van der Waals surface area contributed by atoms with Crippen molar-refractivity contribution in [3.05, 3.63) is 23.7 Å². The van der Waals surface area contributed by atoms with E-state index in [1.807, 2.05) is 4.90 Å². The Bertz CT molecular complexity index is 587. The average Bonchev–Trinajstić information content (AvgIpc) is 3.48. The number of likely N-dealkylation sites (N-methyl/N-ethyl adjacent to an activating group) is 1. The van der Waals surface area contributed by atoms with E-state index in [1.165, 1.54) is 19.3 Å². The van der Waals surface area contributed by atoms with Crippen molar-refractivity contribution in [2.45, 2.75) is 44.7 Å². The first kappa shape index (κ1) is 16.2. The number of carbonyl (C=O) groups excluding carboxylic acids is 1. The molecular weight excluding hydrogens is 302 g/mol. The van der Waals surface area contributed by atoms with Crippen LogP contribution >= 0.6 is 0 Å². The van der Waals surface area contributed by atoms with E-state index in [0.29, 0.717) is 18.5 Å². The molecule has 2 saturated carbocycles. The molecule has 0 unspecified atom stereocenters. The number of rotatable bonds is 6. The molecule has 0 spiro atoms. The molecular formula is C19H29N3O2. The second kappa shape index (κ2) is 6.52. The van der Waals surface area contributed by atoms with Gasteiger partial charge in [0.05, 0.1) is 13.1 Å². The maximum absolute atomic E-state index is 12.6. The van der Waals surface area contributed by atoms with Crippen LogP contribution in [0.3, 0.4) is 0 Å². The molecule has 3 fully saturated rings. The Morgan fingerprint density at radius 2 is 1.96 bits per heavy atom. The molecule has 24 heavy (non-hydrogen) atoms. The van der Waals surface area contributed by atoms with Crippen LogP contribution in [0, 0.1) is 5.92 Å². The van der Waals surface area contributed by atoms with Gasteiger partial charge in [0.2, 0.25) is 5.91 Å². The molecule has 0 bridgehead atoms. The summed E-state index contributed by atoms with van der Waals surface area (Å²) in [6.07, 6.45) is 3.67. The van der Waals surface area contributed by atoms with E-state index < -0.39 is 0 Å². The van der Waals surface area contributed by atoms with Crippen molar-refractivity contribution in [3.8, 4) is 0 Å². The summed E-state index contributed by atoms with van der Waals surface area (Å²) in [5.41, 5.74) is 0. The first-order chi connectivity index (χ1) is 11.6. The summed E-state index contributed by atoms with van der Waals surface area (Å²) in [6, 6.07) is 4.81. The molecule has 1 aliphatic heterocycles. The molecule has 1 aromatic rings. The predicted octanol–water partition coefficient (Wildman–Crippen LogP) is 2.14. The van der Waals surface area contributed by atoms with Gasteiger partial charge >= 0.3 is 0 Å². The summed E-state index contributed by atoms with van der Waals surface area (Å²) >= 11 is 0. The third-order valence-corrected chi connectivity index (χ3v) is 5.77. The molecule has 2 atom stereocenters. The van der Waals surface area contributed by atoms with E-state index in [1.54, 1.807) is 0 Å². The molecule has 0 radical (unpaired) electrons. The van der Waals surface area contributed by atoms with Crippen molar-refractivity contribution >= 4 is 5.91 Å². The van der Waals surface area contributed by atoms with E-state index in [9.17, 15) is 4.79 Å². The van der Waals surface area contributed by atoms with E-state index in [4.69, 9.17) is 4.42 Å². The molecule has 1 amide bonds. The van der Waals surface area contributed by atoms with E-state index in [0.717, 1.165) is 50.2 Å². The van der Waals surface area contributed by atoms with Gasteiger partial charge in [0.15, 0.2) is 0 Å². The molecule has 2 aliphatic carbocycles. The second-order valence-corrected chi connectivity index (χ2v) is 7.94. The zero-order valence-electron chi connectivity index (χ0n) is 14.9. The van der Waals surface area contributed by atoms with Crippen LogP contribution in [0.2, 0.25) is 0 Å². The SMILES string of the molecule is C[C@H]1C[C@H]1c1ccc(CN(CC(=O)N2CCN(C)CC2)C2CC2)o1. The summed E-state index contributed by atoms with van der Waals surface area (Å²) in [4.78, 5) is 19.3. The standard InChI is InChI=1S/C19H29N3O2/c1-14-11-17(14)18-6-5-16(24-18)12-22(15-3-4-15)13-19(23)21-9-7-20(2)8-10-21/h5-6,14-15,17H,3-4,7-13H2,1-2H3/t14-,17+/m0/s1. The molecule has 4 rings (SSSR count). The zero-order valence-corrected chi connectivity index (χ0v) is 14.9. The Balaban J connectivity index is 1.34. The fourth-order valence-electron chi connectivity index (χ4n) is 3.68. The summed E-state index contributed by atoms with van der Waals surface area (Å²) in [5, 5.41) is 0. The van der Waals surface area contributed by atoms with Crippen molar-refractivity contribution in [1.29, 1.82) is 0 Å². The minimum absolute atomic E-state index is 0.276. The number of amides is 1. The fraction of sp³-hybridized carbons (Fsp3) is 0.737. The quantitative estimate of drug-likeness (QED) is 0.801. The average molecular weight is 331 g/mol. The normalized spacial score (nSPS) is 27.7. The van der Waals surface area contributed by atoms with Crippen LogP contribution in [-0.4, -0.2) is 66.4 Å². The highest BCUT2D eigenvalue weighted by Crippen LogP contribution is 2.47. The largest absolute Gasteiger partial charge is 0.464 e. The third-order valence-electron chi connectivity index (χ3n) is 5.77. The van der Waals surface area contributed by atoms with Gasteiger partial charge in [-0.05, 0) is 44.4 Å². The molecule has 1 saturated heterocycles. The molecule has 0 aromatic carbocycles. The van der Waals surface area contributed by atoms with E-state index in [2.05, 4.69) is 35.9 Å². The molecule has 3 aliphatic rings. The monoisotopic (exact) mass is 331 g/mol.